The first-order valence-corrected chi connectivity index (χ1v) is 8.00. The van der Waals surface area contributed by atoms with E-state index in [-0.39, 0.29) is 6.54 Å². The highest BCUT2D eigenvalue weighted by molar-refractivity contribution is 6.31. The van der Waals surface area contributed by atoms with Crippen LogP contribution in [0.1, 0.15) is 18.1 Å². The molecular formula is C18H18ClN3O2. The van der Waals surface area contributed by atoms with Gasteiger partial charge in [0, 0.05) is 17.6 Å². The van der Waals surface area contributed by atoms with Crippen molar-refractivity contribution < 1.29 is 9.85 Å². The molecule has 2 aromatic carbocycles. The van der Waals surface area contributed by atoms with Gasteiger partial charge in [-0.05, 0) is 37.3 Å². The Morgan fingerprint density at radius 1 is 1.25 bits per heavy atom. The highest BCUT2D eigenvalue weighted by Gasteiger charge is 2.26. The Hall–Kier alpha value is -2.37. The molecular weight excluding hydrogens is 326 g/mol. The molecule has 0 radical (unpaired) electrons. The van der Waals surface area contributed by atoms with Gasteiger partial charge in [-0.2, -0.15) is 4.74 Å². The van der Waals surface area contributed by atoms with Crippen LogP contribution in [0.15, 0.2) is 53.5 Å². The topological polar surface area (TPSA) is 61.9 Å². The van der Waals surface area contributed by atoms with Crippen molar-refractivity contribution in [3.8, 4) is 0 Å². The third kappa shape index (κ3) is 3.13. The lowest BCUT2D eigenvalue weighted by molar-refractivity contribution is -0.440. The standard InChI is InChI=1S/C18H18ClN3O2/c1-12(23)21(2)17-11-22(24)18(13-6-4-3-5-7-13)15-10-14(19)8-9-16(15)20-17/h3-10,12,23H,11H2,1-2H3. The molecule has 6 heteroatoms. The van der Waals surface area contributed by atoms with E-state index in [1.807, 2.05) is 30.3 Å². The van der Waals surface area contributed by atoms with Crippen molar-refractivity contribution in [2.75, 3.05) is 13.6 Å². The number of halogens is 1. The molecule has 1 aliphatic rings. The zero-order chi connectivity index (χ0) is 17.3. The van der Waals surface area contributed by atoms with Crippen LogP contribution in [0.4, 0.5) is 5.69 Å². The van der Waals surface area contributed by atoms with Crippen LogP contribution in [0.2, 0.25) is 5.02 Å². The first-order chi connectivity index (χ1) is 11.5. The molecule has 2 aromatic rings. The number of nitrogens with zero attached hydrogens (tertiary/aromatic N) is 3. The van der Waals surface area contributed by atoms with Crippen molar-refractivity contribution in [2.24, 2.45) is 4.99 Å². The highest BCUT2D eigenvalue weighted by atomic mass is 35.5. The Kier molecular flexibility index (Phi) is 4.55. The predicted octanol–water partition coefficient (Wildman–Crippen LogP) is 3.00. The molecule has 1 heterocycles. The van der Waals surface area contributed by atoms with Crippen LogP contribution < -0.4 is 0 Å². The van der Waals surface area contributed by atoms with Crippen LogP contribution in [0, 0.1) is 5.21 Å². The van der Waals surface area contributed by atoms with Crippen molar-refractivity contribution in [1.29, 1.82) is 0 Å². The SMILES string of the molecule is CC(O)N(C)C1=Nc2ccc(Cl)cc2C(c2ccccc2)=[N+]([O-])C1. The second-order valence-corrected chi connectivity index (χ2v) is 6.12. The summed E-state index contributed by atoms with van der Waals surface area (Å²) in [5, 5.41) is 23.2. The minimum absolute atomic E-state index is 0.0396. The molecule has 124 valence electrons. The molecule has 5 nitrogen and oxygen atoms in total. The van der Waals surface area contributed by atoms with Crippen molar-refractivity contribution >= 4 is 28.8 Å². The maximum atomic E-state index is 12.9. The molecule has 0 bridgehead atoms. The maximum absolute atomic E-state index is 12.9. The summed E-state index contributed by atoms with van der Waals surface area (Å²) < 4.78 is 0.898. The van der Waals surface area contributed by atoms with Gasteiger partial charge in [0.1, 0.15) is 6.23 Å². The molecule has 24 heavy (non-hydrogen) atoms. The van der Waals surface area contributed by atoms with Crippen LogP contribution >= 0.6 is 11.6 Å². The van der Waals surface area contributed by atoms with E-state index in [1.54, 1.807) is 37.1 Å². The summed E-state index contributed by atoms with van der Waals surface area (Å²) in [7, 11) is 1.71. The average Bonchev–Trinajstić information content (AvgIpc) is 2.70. The fourth-order valence-corrected chi connectivity index (χ4v) is 2.79. The van der Waals surface area contributed by atoms with E-state index in [4.69, 9.17) is 11.6 Å². The summed E-state index contributed by atoms with van der Waals surface area (Å²) in [6, 6.07) is 14.7. The van der Waals surface area contributed by atoms with Crippen molar-refractivity contribution in [3.05, 3.63) is 69.9 Å². The first kappa shape index (κ1) is 16.5. The van der Waals surface area contributed by atoms with Gasteiger partial charge < -0.3 is 15.2 Å². The monoisotopic (exact) mass is 343 g/mol. The minimum atomic E-state index is -0.744. The van der Waals surface area contributed by atoms with Gasteiger partial charge >= 0.3 is 0 Å². The van der Waals surface area contributed by atoms with Gasteiger partial charge in [0.05, 0.1) is 11.3 Å². The molecule has 3 rings (SSSR count). The Morgan fingerprint density at radius 2 is 1.96 bits per heavy atom. The third-order valence-electron chi connectivity index (χ3n) is 4.01. The van der Waals surface area contributed by atoms with Crippen LogP contribution in [-0.4, -0.2) is 46.1 Å². The van der Waals surface area contributed by atoms with Gasteiger partial charge in [0.25, 0.3) is 0 Å². The van der Waals surface area contributed by atoms with Gasteiger partial charge in [-0.1, -0.05) is 29.8 Å². The van der Waals surface area contributed by atoms with E-state index in [0.29, 0.717) is 27.8 Å². The predicted molar refractivity (Wildman–Crippen MR) is 96.1 cm³/mol. The van der Waals surface area contributed by atoms with Gasteiger partial charge in [0.2, 0.25) is 12.3 Å². The molecule has 1 N–H and O–H groups in total. The zero-order valence-corrected chi connectivity index (χ0v) is 14.2. The van der Waals surface area contributed by atoms with Crippen molar-refractivity contribution in [3.63, 3.8) is 0 Å². The minimum Gasteiger partial charge on any atom is -0.623 e. The maximum Gasteiger partial charge on any atom is 0.228 e. The molecule has 0 aliphatic carbocycles. The molecule has 1 unspecified atom stereocenters. The van der Waals surface area contributed by atoms with E-state index < -0.39 is 6.23 Å². The zero-order valence-electron chi connectivity index (χ0n) is 13.5. The van der Waals surface area contributed by atoms with Crippen LogP contribution in [0.25, 0.3) is 0 Å². The van der Waals surface area contributed by atoms with Crippen molar-refractivity contribution in [2.45, 2.75) is 13.2 Å². The average molecular weight is 344 g/mol. The van der Waals surface area contributed by atoms with E-state index in [1.165, 1.54) is 0 Å². The second kappa shape index (κ2) is 6.63. The highest BCUT2D eigenvalue weighted by Crippen LogP contribution is 2.28. The smallest absolute Gasteiger partial charge is 0.228 e. The summed E-state index contributed by atoms with van der Waals surface area (Å²) in [5.74, 6) is 0.495. The largest absolute Gasteiger partial charge is 0.623 e. The lowest BCUT2D eigenvalue weighted by Gasteiger charge is -2.22. The fourth-order valence-electron chi connectivity index (χ4n) is 2.61. The van der Waals surface area contributed by atoms with Gasteiger partial charge in [-0.15, -0.1) is 0 Å². The molecule has 0 aromatic heterocycles. The molecule has 0 spiro atoms. The number of fused-ring (bicyclic) bond motifs is 1. The summed E-state index contributed by atoms with van der Waals surface area (Å²) in [6.45, 7) is 1.67. The number of hydroxylamine groups is 1. The number of rotatable bonds is 2. The quantitative estimate of drug-likeness (QED) is 0.518. The Balaban J connectivity index is 2.22. The Labute approximate surface area is 145 Å². The number of aliphatic hydroxyl groups is 1. The molecule has 1 atom stereocenters. The number of likely N-dealkylation sites (N-methyl/N-ethyl adjacent to an activating group) is 1. The van der Waals surface area contributed by atoms with E-state index in [9.17, 15) is 10.3 Å². The number of benzene rings is 2. The third-order valence-corrected chi connectivity index (χ3v) is 4.25. The van der Waals surface area contributed by atoms with E-state index in [2.05, 4.69) is 4.99 Å². The Morgan fingerprint density at radius 3 is 2.62 bits per heavy atom. The Bertz CT molecular complexity index is 816. The number of hydrogen-bond acceptors (Lipinski definition) is 4. The first-order valence-electron chi connectivity index (χ1n) is 7.63. The van der Waals surface area contributed by atoms with E-state index >= 15 is 0 Å². The lowest BCUT2D eigenvalue weighted by Crippen LogP contribution is -2.39. The van der Waals surface area contributed by atoms with Gasteiger partial charge in [-0.25, -0.2) is 4.99 Å². The number of aliphatic imine (C=N–C) groups is 1. The van der Waals surface area contributed by atoms with Gasteiger partial charge in [0.15, 0.2) is 5.84 Å². The fraction of sp³-hybridized carbons (Fsp3) is 0.222. The normalized spacial score (nSPS) is 15.4. The summed E-state index contributed by atoms with van der Waals surface area (Å²) >= 11 is 6.15. The number of aliphatic hydroxyl groups excluding tert-OH is 1. The number of hydrogen-bond donors (Lipinski definition) is 1. The lowest BCUT2D eigenvalue weighted by atomic mass is 10.0. The van der Waals surface area contributed by atoms with Crippen LogP contribution in [0.3, 0.4) is 0 Å². The second-order valence-electron chi connectivity index (χ2n) is 5.68. The summed E-state index contributed by atoms with van der Waals surface area (Å²) in [4.78, 5) is 6.17. The number of amidine groups is 1. The molecule has 0 saturated heterocycles. The van der Waals surface area contributed by atoms with Gasteiger partial charge in [-0.3, -0.25) is 0 Å². The molecule has 0 saturated carbocycles. The molecule has 0 amide bonds. The van der Waals surface area contributed by atoms with Crippen molar-refractivity contribution in [1.82, 2.24) is 4.90 Å². The van der Waals surface area contributed by atoms with Crippen LogP contribution in [-0.2, 0) is 0 Å². The van der Waals surface area contributed by atoms with Crippen LogP contribution in [0.5, 0.6) is 0 Å². The molecule has 1 aliphatic heterocycles. The summed E-state index contributed by atoms with van der Waals surface area (Å²) in [6.07, 6.45) is -0.744. The molecule has 0 fully saturated rings. The summed E-state index contributed by atoms with van der Waals surface area (Å²) in [5.41, 5.74) is 2.65. The van der Waals surface area contributed by atoms with E-state index in [0.717, 1.165) is 10.3 Å².